The molecule has 2 atom stereocenters. The van der Waals surface area contributed by atoms with Gasteiger partial charge in [-0.05, 0) is 26.7 Å². The minimum Gasteiger partial charge on any atom is -0.386 e. The Morgan fingerprint density at radius 3 is 2.14 bits per heavy atom. The summed E-state index contributed by atoms with van der Waals surface area (Å²) < 4.78 is 11.7. The van der Waals surface area contributed by atoms with Crippen LogP contribution in [0.3, 0.4) is 0 Å². The number of aliphatic imine (C=N–C) groups is 1. The summed E-state index contributed by atoms with van der Waals surface area (Å²) in [7, 11) is 0. The number of fused-ring (bicyclic) bond motifs is 3. The van der Waals surface area contributed by atoms with Gasteiger partial charge in [0.05, 0.1) is 12.1 Å². The van der Waals surface area contributed by atoms with Crippen molar-refractivity contribution >= 4 is 5.84 Å². The Hall–Kier alpha value is -1.63. The van der Waals surface area contributed by atoms with Gasteiger partial charge in [0.2, 0.25) is 0 Å². The standard InChI is InChI=1S/C16H22N4O2/c1-3-21-16(22-4-2)15(11-18)13(8-6-5-7-9-13)14(15,10-17)12(19)20-16/h3-9H2,1-2H3,(H2,19,20)/t14-,15-/m0/s1. The minimum absolute atomic E-state index is 0.209. The molecule has 0 aromatic carbocycles. The highest BCUT2D eigenvalue weighted by atomic mass is 16.7. The second-order valence-electron chi connectivity index (χ2n) is 6.31. The van der Waals surface area contributed by atoms with Gasteiger partial charge in [0.1, 0.15) is 11.3 Å². The molecule has 1 aliphatic heterocycles. The quantitative estimate of drug-likeness (QED) is 0.800. The van der Waals surface area contributed by atoms with Crippen LogP contribution in [0.1, 0.15) is 46.0 Å². The molecule has 3 aliphatic rings. The van der Waals surface area contributed by atoms with Gasteiger partial charge in [0.15, 0.2) is 5.41 Å². The van der Waals surface area contributed by atoms with Gasteiger partial charge < -0.3 is 15.2 Å². The van der Waals surface area contributed by atoms with E-state index in [4.69, 9.17) is 15.2 Å². The van der Waals surface area contributed by atoms with Crippen LogP contribution in [0.4, 0.5) is 0 Å². The second kappa shape index (κ2) is 4.68. The van der Waals surface area contributed by atoms with E-state index in [1.807, 2.05) is 13.8 Å². The first kappa shape index (κ1) is 15.3. The Morgan fingerprint density at radius 2 is 1.68 bits per heavy atom. The summed E-state index contributed by atoms with van der Waals surface area (Å²) >= 11 is 0. The van der Waals surface area contributed by atoms with Gasteiger partial charge in [-0.25, -0.2) is 4.99 Å². The number of rotatable bonds is 4. The molecule has 0 saturated heterocycles. The maximum Gasteiger partial charge on any atom is 0.293 e. The van der Waals surface area contributed by atoms with Crippen LogP contribution in [0.25, 0.3) is 0 Å². The van der Waals surface area contributed by atoms with Gasteiger partial charge in [0, 0.05) is 18.6 Å². The molecule has 2 fully saturated rings. The number of nitrogens with zero attached hydrogens (tertiary/aromatic N) is 3. The summed E-state index contributed by atoms with van der Waals surface area (Å²) in [6.07, 6.45) is 4.71. The first-order valence-corrected chi connectivity index (χ1v) is 8.04. The van der Waals surface area contributed by atoms with Gasteiger partial charge in [0.25, 0.3) is 5.91 Å². The van der Waals surface area contributed by atoms with Crippen molar-refractivity contribution in [3.63, 3.8) is 0 Å². The van der Waals surface area contributed by atoms with E-state index < -0.39 is 22.2 Å². The van der Waals surface area contributed by atoms with Crippen LogP contribution in [-0.4, -0.2) is 25.0 Å². The topological polar surface area (TPSA) is 104 Å². The molecular formula is C16H22N4O2. The Kier molecular flexibility index (Phi) is 3.25. The number of amidine groups is 1. The van der Waals surface area contributed by atoms with Crippen molar-refractivity contribution < 1.29 is 9.47 Å². The van der Waals surface area contributed by atoms with Crippen molar-refractivity contribution in [1.29, 1.82) is 10.5 Å². The predicted octanol–water partition coefficient (Wildman–Crippen LogP) is 2.07. The molecule has 2 saturated carbocycles. The van der Waals surface area contributed by atoms with E-state index in [9.17, 15) is 10.5 Å². The third-order valence-electron chi connectivity index (χ3n) is 5.78. The van der Waals surface area contributed by atoms with Crippen molar-refractivity contribution in [2.24, 2.45) is 27.0 Å². The van der Waals surface area contributed by atoms with E-state index in [0.29, 0.717) is 13.2 Å². The summed E-state index contributed by atoms with van der Waals surface area (Å²) in [5.74, 6) is -1.23. The summed E-state index contributed by atoms with van der Waals surface area (Å²) in [5.41, 5.74) is 3.50. The van der Waals surface area contributed by atoms with Crippen molar-refractivity contribution in [2.75, 3.05) is 13.2 Å². The Labute approximate surface area is 130 Å². The lowest BCUT2D eigenvalue weighted by Crippen LogP contribution is -2.46. The molecule has 118 valence electrons. The fourth-order valence-electron chi connectivity index (χ4n) is 5.12. The molecule has 0 radical (unpaired) electrons. The number of hydrogen-bond acceptors (Lipinski definition) is 6. The maximum absolute atomic E-state index is 10.1. The smallest absolute Gasteiger partial charge is 0.293 e. The zero-order valence-corrected chi connectivity index (χ0v) is 13.2. The lowest BCUT2D eigenvalue weighted by molar-refractivity contribution is -0.262. The molecule has 2 aliphatic carbocycles. The average Bonchev–Trinajstić information content (AvgIpc) is 2.94. The SMILES string of the molecule is CCOC1(OCC)N=C(N)[C@@]2(C#N)C3(CCCCC3)[C@]12C#N. The van der Waals surface area contributed by atoms with Crippen molar-refractivity contribution in [3.8, 4) is 12.1 Å². The Morgan fingerprint density at radius 1 is 1.09 bits per heavy atom. The van der Waals surface area contributed by atoms with Crippen LogP contribution >= 0.6 is 0 Å². The van der Waals surface area contributed by atoms with Gasteiger partial charge >= 0.3 is 0 Å². The first-order valence-electron chi connectivity index (χ1n) is 8.04. The fourth-order valence-corrected chi connectivity index (χ4v) is 5.12. The van der Waals surface area contributed by atoms with E-state index in [1.54, 1.807) is 0 Å². The van der Waals surface area contributed by atoms with Gasteiger partial charge in [-0.3, -0.25) is 0 Å². The van der Waals surface area contributed by atoms with Crippen LogP contribution in [-0.2, 0) is 9.47 Å². The highest BCUT2D eigenvalue weighted by Crippen LogP contribution is 2.88. The summed E-state index contributed by atoms with van der Waals surface area (Å²) in [6, 6.07) is 4.74. The maximum atomic E-state index is 10.1. The third-order valence-corrected chi connectivity index (χ3v) is 5.78. The van der Waals surface area contributed by atoms with Crippen LogP contribution in [0, 0.1) is 38.9 Å². The molecular weight excluding hydrogens is 280 g/mol. The molecule has 0 bridgehead atoms. The molecule has 22 heavy (non-hydrogen) atoms. The highest BCUT2D eigenvalue weighted by molar-refractivity contribution is 6.00. The molecule has 3 rings (SSSR count). The fraction of sp³-hybridized carbons (Fsp3) is 0.812. The van der Waals surface area contributed by atoms with Crippen LogP contribution in [0.5, 0.6) is 0 Å². The zero-order chi connectivity index (χ0) is 16.1. The summed E-state index contributed by atoms with van der Waals surface area (Å²) in [4.78, 5) is 4.37. The van der Waals surface area contributed by atoms with E-state index >= 15 is 0 Å². The number of nitriles is 2. The Bertz CT molecular complexity index is 590. The zero-order valence-electron chi connectivity index (χ0n) is 13.2. The minimum atomic E-state index is -1.44. The normalized spacial score (nSPS) is 37.0. The molecule has 6 heteroatoms. The monoisotopic (exact) mass is 302 g/mol. The van der Waals surface area contributed by atoms with Gasteiger partial charge in [-0.2, -0.15) is 10.5 Å². The van der Waals surface area contributed by atoms with E-state index in [1.165, 1.54) is 0 Å². The lowest BCUT2D eigenvalue weighted by atomic mass is 9.76. The van der Waals surface area contributed by atoms with Gasteiger partial charge in [-0.15, -0.1) is 0 Å². The molecule has 0 amide bonds. The predicted molar refractivity (Wildman–Crippen MR) is 79.2 cm³/mol. The van der Waals surface area contributed by atoms with E-state index in [0.717, 1.165) is 32.1 Å². The van der Waals surface area contributed by atoms with Crippen LogP contribution in [0.15, 0.2) is 4.99 Å². The van der Waals surface area contributed by atoms with Gasteiger partial charge in [-0.1, -0.05) is 19.3 Å². The summed E-state index contributed by atoms with van der Waals surface area (Å²) in [5, 5.41) is 20.0. The first-order chi connectivity index (χ1) is 10.6. The molecule has 1 spiro atoms. The van der Waals surface area contributed by atoms with E-state index in [2.05, 4.69) is 17.1 Å². The number of hydrogen-bond donors (Lipinski definition) is 1. The molecule has 6 nitrogen and oxygen atoms in total. The summed E-state index contributed by atoms with van der Waals surface area (Å²) in [6.45, 7) is 4.36. The van der Waals surface area contributed by atoms with Crippen molar-refractivity contribution in [3.05, 3.63) is 0 Å². The van der Waals surface area contributed by atoms with E-state index in [-0.39, 0.29) is 5.84 Å². The second-order valence-corrected chi connectivity index (χ2v) is 6.31. The third kappa shape index (κ3) is 1.22. The molecule has 1 heterocycles. The number of ether oxygens (including phenoxy) is 2. The van der Waals surface area contributed by atoms with Crippen molar-refractivity contribution in [2.45, 2.75) is 51.9 Å². The largest absolute Gasteiger partial charge is 0.386 e. The Balaban J connectivity index is 2.21. The molecule has 0 aromatic rings. The van der Waals surface area contributed by atoms with Crippen molar-refractivity contribution in [1.82, 2.24) is 0 Å². The average molecular weight is 302 g/mol. The molecule has 2 N–H and O–H groups in total. The molecule has 0 aromatic heterocycles. The lowest BCUT2D eigenvalue weighted by Gasteiger charge is -2.36. The van der Waals surface area contributed by atoms with Crippen LogP contribution in [0.2, 0.25) is 0 Å². The molecule has 0 unspecified atom stereocenters. The highest BCUT2D eigenvalue weighted by Gasteiger charge is 3.00. The number of nitrogens with two attached hydrogens (primary N) is 1. The van der Waals surface area contributed by atoms with Crippen LogP contribution < -0.4 is 5.73 Å².